The number of rotatable bonds is 5. The van der Waals surface area contributed by atoms with E-state index in [2.05, 4.69) is 6.92 Å². The number of hydrogen-bond donors (Lipinski definition) is 0. The molecule has 16 heavy (non-hydrogen) atoms. The van der Waals surface area contributed by atoms with Gasteiger partial charge in [0.05, 0.1) is 19.2 Å². The lowest BCUT2D eigenvalue weighted by Crippen LogP contribution is -2.02. The Bertz CT molecular complexity index is 353. The fraction of sp³-hybridized carbons (Fsp3) is 0.500. The van der Waals surface area contributed by atoms with Gasteiger partial charge in [0.1, 0.15) is 0 Å². The van der Waals surface area contributed by atoms with E-state index >= 15 is 0 Å². The Labute approximate surface area is 106 Å². The summed E-state index contributed by atoms with van der Waals surface area (Å²) in [5.41, 5.74) is 1.06. The molecule has 90 valence electrons. The summed E-state index contributed by atoms with van der Waals surface area (Å²) in [5, 5.41) is 0.672. The van der Waals surface area contributed by atoms with Gasteiger partial charge in [-0.05, 0) is 30.5 Å². The van der Waals surface area contributed by atoms with Crippen molar-refractivity contribution in [1.29, 1.82) is 0 Å². The molecule has 0 aliphatic rings. The van der Waals surface area contributed by atoms with Crippen LogP contribution in [0.15, 0.2) is 12.1 Å². The second-order valence-electron chi connectivity index (χ2n) is 3.52. The Hall–Kier alpha value is -0.600. The normalized spacial score (nSPS) is 12.3. The minimum atomic E-state index is 0.120. The quantitative estimate of drug-likeness (QED) is 0.749. The zero-order valence-electron chi connectivity index (χ0n) is 9.72. The van der Waals surface area contributed by atoms with Crippen LogP contribution in [0.1, 0.15) is 18.9 Å². The number of ether oxygens (including phenoxy) is 2. The average molecular weight is 263 g/mol. The largest absolute Gasteiger partial charge is 0.493 e. The van der Waals surface area contributed by atoms with E-state index in [4.69, 9.17) is 32.7 Å². The van der Waals surface area contributed by atoms with Gasteiger partial charge in [-0.2, -0.15) is 0 Å². The Balaban J connectivity index is 3.00. The third-order valence-corrected chi connectivity index (χ3v) is 3.14. The fourth-order valence-electron chi connectivity index (χ4n) is 1.49. The molecule has 0 radical (unpaired) electrons. The maximum absolute atomic E-state index is 6.11. The first-order valence-corrected chi connectivity index (χ1v) is 5.98. The SMILES string of the molecule is CCC(Cl)Cc1cc(Cl)c(OC)c(OC)c1. The molecular formula is C12H16Cl2O2. The van der Waals surface area contributed by atoms with Crippen LogP contribution in [-0.2, 0) is 6.42 Å². The van der Waals surface area contributed by atoms with Crippen molar-refractivity contribution in [2.45, 2.75) is 25.1 Å². The van der Waals surface area contributed by atoms with E-state index in [0.717, 1.165) is 18.4 Å². The first kappa shape index (κ1) is 13.5. The monoisotopic (exact) mass is 262 g/mol. The molecule has 1 atom stereocenters. The zero-order valence-corrected chi connectivity index (χ0v) is 11.2. The van der Waals surface area contributed by atoms with Crippen molar-refractivity contribution in [2.75, 3.05) is 14.2 Å². The summed E-state index contributed by atoms with van der Waals surface area (Å²) >= 11 is 12.2. The van der Waals surface area contributed by atoms with E-state index in [9.17, 15) is 0 Å². The second-order valence-corrected chi connectivity index (χ2v) is 4.55. The molecular weight excluding hydrogens is 247 g/mol. The highest BCUT2D eigenvalue weighted by Gasteiger charge is 2.12. The van der Waals surface area contributed by atoms with Crippen LogP contribution in [-0.4, -0.2) is 19.6 Å². The molecule has 4 heteroatoms. The molecule has 1 aromatic rings. The summed E-state index contributed by atoms with van der Waals surface area (Å²) in [6.07, 6.45) is 1.70. The van der Waals surface area contributed by atoms with E-state index in [1.807, 2.05) is 12.1 Å². The van der Waals surface area contributed by atoms with Crippen LogP contribution in [0.4, 0.5) is 0 Å². The molecule has 1 unspecified atom stereocenters. The van der Waals surface area contributed by atoms with Gasteiger partial charge in [0.2, 0.25) is 0 Å². The number of hydrogen-bond acceptors (Lipinski definition) is 2. The molecule has 0 aliphatic heterocycles. The first-order valence-electron chi connectivity index (χ1n) is 5.16. The van der Waals surface area contributed by atoms with Crippen LogP contribution in [0.3, 0.4) is 0 Å². The first-order chi connectivity index (χ1) is 7.62. The van der Waals surface area contributed by atoms with Crippen molar-refractivity contribution < 1.29 is 9.47 Å². The van der Waals surface area contributed by atoms with Crippen molar-refractivity contribution >= 4 is 23.2 Å². The fourth-order valence-corrected chi connectivity index (χ4v) is 1.98. The highest BCUT2D eigenvalue weighted by Crippen LogP contribution is 2.36. The van der Waals surface area contributed by atoms with Crippen LogP contribution >= 0.6 is 23.2 Å². The third kappa shape index (κ3) is 3.19. The van der Waals surface area contributed by atoms with Crippen molar-refractivity contribution in [2.24, 2.45) is 0 Å². The van der Waals surface area contributed by atoms with Gasteiger partial charge in [-0.3, -0.25) is 0 Å². The molecule has 0 aromatic heterocycles. The summed E-state index contributed by atoms with van der Waals surface area (Å²) in [6.45, 7) is 2.06. The van der Waals surface area contributed by atoms with Crippen LogP contribution in [0.5, 0.6) is 11.5 Å². The Morgan fingerprint density at radius 3 is 2.44 bits per heavy atom. The van der Waals surface area contributed by atoms with Gasteiger partial charge in [0, 0.05) is 5.38 Å². The van der Waals surface area contributed by atoms with Gasteiger partial charge in [-0.15, -0.1) is 11.6 Å². The lowest BCUT2D eigenvalue weighted by atomic mass is 10.1. The molecule has 0 N–H and O–H groups in total. The van der Waals surface area contributed by atoms with E-state index in [0.29, 0.717) is 16.5 Å². The van der Waals surface area contributed by atoms with Gasteiger partial charge in [0.25, 0.3) is 0 Å². The predicted molar refractivity (Wildman–Crippen MR) is 68.2 cm³/mol. The maximum atomic E-state index is 6.11. The lowest BCUT2D eigenvalue weighted by molar-refractivity contribution is 0.354. The maximum Gasteiger partial charge on any atom is 0.179 e. The predicted octanol–water partition coefficient (Wildman–Crippen LogP) is 3.92. The smallest absolute Gasteiger partial charge is 0.179 e. The molecule has 0 amide bonds. The Kier molecular flexibility index (Phi) is 5.23. The highest BCUT2D eigenvalue weighted by atomic mass is 35.5. The van der Waals surface area contributed by atoms with Gasteiger partial charge in [0.15, 0.2) is 11.5 Å². The molecule has 1 aromatic carbocycles. The standard InChI is InChI=1S/C12H16Cl2O2/c1-4-9(13)5-8-6-10(14)12(16-3)11(7-8)15-2/h6-7,9H,4-5H2,1-3H3. The zero-order chi connectivity index (χ0) is 12.1. The van der Waals surface area contributed by atoms with E-state index in [-0.39, 0.29) is 5.38 Å². The molecule has 0 fully saturated rings. The summed E-state index contributed by atoms with van der Waals surface area (Å²) in [4.78, 5) is 0. The van der Waals surface area contributed by atoms with Crippen LogP contribution in [0.25, 0.3) is 0 Å². The van der Waals surface area contributed by atoms with Gasteiger partial charge >= 0.3 is 0 Å². The second kappa shape index (κ2) is 6.21. The average Bonchev–Trinajstić information content (AvgIpc) is 2.28. The van der Waals surface area contributed by atoms with E-state index < -0.39 is 0 Å². The van der Waals surface area contributed by atoms with Crippen LogP contribution < -0.4 is 9.47 Å². The Morgan fingerprint density at radius 2 is 1.94 bits per heavy atom. The molecule has 0 aliphatic carbocycles. The van der Waals surface area contributed by atoms with Crippen LogP contribution in [0.2, 0.25) is 5.02 Å². The molecule has 0 spiro atoms. The number of alkyl halides is 1. The van der Waals surface area contributed by atoms with Crippen molar-refractivity contribution in [3.05, 3.63) is 22.7 Å². The summed E-state index contributed by atoms with van der Waals surface area (Å²) in [5.74, 6) is 1.21. The number of halogens is 2. The molecule has 0 bridgehead atoms. The van der Waals surface area contributed by atoms with Crippen molar-refractivity contribution in [3.63, 3.8) is 0 Å². The molecule has 0 saturated heterocycles. The topological polar surface area (TPSA) is 18.5 Å². The number of benzene rings is 1. The van der Waals surface area contributed by atoms with Crippen LogP contribution in [0, 0.1) is 0 Å². The number of methoxy groups -OCH3 is 2. The van der Waals surface area contributed by atoms with E-state index in [1.165, 1.54) is 0 Å². The summed E-state index contributed by atoms with van der Waals surface area (Å²) in [7, 11) is 3.16. The molecule has 2 nitrogen and oxygen atoms in total. The third-order valence-electron chi connectivity index (χ3n) is 2.39. The summed E-state index contributed by atoms with van der Waals surface area (Å²) in [6, 6.07) is 3.78. The summed E-state index contributed by atoms with van der Waals surface area (Å²) < 4.78 is 10.4. The van der Waals surface area contributed by atoms with Crippen molar-refractivity contribution in [3.8, 4) is 11.5 Å². The van der Waals surface area contributed by atoms with Crippen molar-refractivity contribution in [1.82, 2.24) is 0 Å². The highest BCUT2D eigenvalue weighted by molar-refractivity contribution is 6.32. The van der Waals surface area contributed by atoms with E-state index in [1.54, 1.807) is 14.2 Å². The lowest BCUT2D eigenvalue weighted by Gasteiger charge is -2.13. The van der Waals surface area contributed by atoms with Gasteiger partial charge in [-0.25, -0.2) is 0 Å². The molecule has 1 rings (SSSR count). The minimum Gasteiger partial charge on any atom is -0.493 e. The Morgan fingerprint density at radius 1 is 1.25 bits per heavy atom. The van der Waals surface area contributed by atoms with Gasteiger partial charge in [-0.1, -0.05) is 18.5 Å². The molecule has 0 saturated carbocycles. The molecule has 0 heterocycles. The minimum absolute atomic E-state index is 0.120. The van der Waals surface area contributed by atoms with Gasteiger partial charge < -0.3 is 9.47 Å².